The largest absolute Gasteiger partial charge is 0.390 e. The number of rotatable bonds is 1. The molecule has 3 rings (SSSR count). The minimum atomic E-state index is -0.355. The fourth-order valence-corrected chi connectivity index (χ4v) is 2.43. The predicted molar refractivity (Wildman–Crippen MR) is 62.7 cm³/mol. The van der Waals surface area contributed by atoms with Gasteiger partial charge in [0.05, 0.1) is 11.5 Å². The highest BCUT2D eigenvalue weighted by Gasteiger charge is 2.30. The Morgan fingerprint density at radius 3 is 2.56 bits per heavy atom. The fourth-order valence-electron chi connectivity index (χ4n) is 2.43. The molecule has 0 amide bonds. The SMILES string of the molecule is Cc1c(C)c1=NC1c2ccccc2C[C@H]1O. The first-order valence-corrected chi connectivity index (χ1v) is 5.70. The van der Waals surface area contributed by atoms with Crippen molar-refractivity contribution >= 4 is 0 Å². The van der Waals surface area contributed by atoms with Crippen molar-refractivity contribution in [1.82, 2.24) is 0 Å². The van der Waals surface area contributed by atoms with Crippen molar-refractivity contribution < 1.29 is 5.11 Å². The number of nitrogens with zero attached hydrogens (tertiary/aromatic N) is 1. The van der Waals surface area contributed by atoms with Crippen LogP contribution in [0.4, 0.5) is 0 Å². The summed E-state index contributed by atoms with van der Waals surface area (Å²) in [4.78, 5) is 4.66. The molecule has 2 nitrogen and oxygen atoms in total. The van der Waals surface area contributed by atoms with Crippen LogP contribution in [-0.4, -0.2) is 11.2 Å². The standard InChI is InChI=1S/C14H15NO/c1-8-9(2)13(8)15-14-11-6-4-3-5-10(11)7-12(14)16/h3-6,12,14,16H,7H2,1-2H3/t12-,14?/m1/s1. The lowest BCUT2D eigenvalue weighted by molar-refractivity contribution is 0.158. The topological polar surface area (TPSA) is 32.6 Å². The third kappa shape index (κ3) is 1.34. The van der Waals surface area contributed by atoms with Crippen LogP contribution in [0, 0.1) is 13.8 Å². The summed E-state index contributed by atoms with van der Waals surface area (Å²) in [7, 11) is 0. The third-order valence-electron chi connectivity index (χ3n) is 3.65. The Morgan fingerprint density at radius 1 is 1.19 bits per heavy atom. The van der Waals surface area contributed by atoms with Crippen LogP contribution < -0.4 is 5.36 Å². The van der Waals surface area contributed by atoms with Gasteiger partial charge in [0.1, 0.15) is 6.04 Å². The van der Waals surface area contributed by atoms with Gasteiger partial charge in [-0.25, -0.2) is 0 Å². The third-order valence-corrected chi connectivity index (χ3v) is 3.65. The van der Waals surface area contributed by atoms with E-state index in [1.54, 1.807) is 0 Å². The molecule has 0 bridgehead atoms. The molecule has 2 heteroatoms. The second kappa shape index (κ2) is 3.29. The summed E-state index contributed by atoms with van der Waals surface area (Å²) < 4.78 is 0. The Labute approximate surface area is 95.0 Å². The zero-order chi connectivity index (χ0) is 11.3. The lowest BCUT2D eigenvalue weighted by Gasteiger charge is -2.09. The molecular weight excluding hydrogens is 198 g/mol. The highest BCUT2D eigenvalue weighted by Crippen LogP contribution is 2.34. The van der Waals surface area contributed by atoms with Crippen molar-refractivity contribution in [3.05, 3.63) is 51.9 Å². The van der Waals surface area contributed by atoms with E-state index >= 15 is 0 Å². The molecule has 0 radical (unpaired) electrons. The molecule has 0 aromatic heterocycles. The Morgan fingerprint density at radius 2 is 1.88 bits per heavy atom. The van der Waals surface area contributed by atoms with Crippen molar-refractivity contribution in [3.63, 3.8) is 0 Å². The molecule has 0 heterocycles. The molecule has 2 atom stereocenters. The molecule has 16 heavy (non-hydrogen) atoms. The van der Waals surface area contributed by atoms with Crippen LogP contribution in [0.2, 0.25) is 0 Å². The molecule has 0 spiro atoms. The van der Waals surface area contributed by atoms with Gasteiger partial charge < -0.3 is 5.11 Å². The van der Waals surface area contributed by atoms with Crippen molar-refractivity contribution in [2.24, 2.45) is 4.99 Å². The van der Waals surface area contributed by atoms with Gasteiger partial charge in [0, 0.05) is 6.42 Å². The summed E-state index contributed by atoms with van der Waals surface area (Å²) in [5, 5.41) is 11.1. The molecule has 1 unspecified atom stereocenters. The summed E-state index contributed by atoms with van der Waals surface area (Å²) in [6.07, 6.45) is 0.376. The molecule has 1 aliphatic carbocycles. The number of fused-ring (bicyclic) bond motifs is 1. The van der Waals surface area contributed by atoms with Crippen molar-refractivity contribution in [2.75, 3.05) is 0 Å². The van der Waals surface area contributed by atoms with Crippen molar-refractivity contribution in [1.29, 1.82) is 0 Å². The predicted octanol–water partition coefficient (Wildman–Crippen LogP) is 1.74. The number of benzene rings is 1. The molecule has 0 saturated carbocycles. The van der Waals surface area contributed by atoms with Crippen molar-refractivity contribution in [3.8, 4) is 0 Å². The van der Waals surface area contributed by atoms with E-state index in [1.807, 2.05) is 12.1 Å². The highest BCUT2D eigenvalue weighted by atomic mass is 16.3. The first-order chi connectivity index (χ1) is 7.68. The smallest absolute Gasteiger partial charge is 0.102 e. The van der Waals surface area contributed by atoms with Crippen LogP contribution in [-0.2, 0) is 6.42 Å². The van der Waals surface area contributed by atoms with E-state index in [4.69, 9.17) is 0 Å². The Bertz CT molecular complexity index is 543. The molecule has 1 N–H and O–H groups in total. The highest BCUT2D eigenvalue weighted by molar-refractivity contribution is 5.39. The average Bonchev–Trinajstić information content (AvgIpc) is 2.71. The Kier molecular flexibility index (Phi) is 2.01. The van der Waals surface area contributed by atoms with Gasteiger partial charge in [-0.05, 0) is 36.1 Å². The first-order valence-electron chi connectivity index (χ1n) is 5.70. The molecule has 2 aromatic carbocycles. The van der Waals surface area contributed by atoms with E-state index in [2.05, 4.69) is 31.0 Å². The molecule has 1 aliphatic rings. The van der Waals surface area contributed by atoms with Gasteiger partial charge in [0.2, 0.25) is 0 Å². The second-order valence-corrected chi connectivity index (χ2v) is 4.64. The second-order valence-electron chi connectivity index (χ2n) is 4.64. The van der Waals surface area contributed by atoms with E-state index in [0.717, 1.165) is 11.8 Å². The lowest BCUT2D eigenvalue weighted by atomic mass is 10.1. The summed E-state index contributed by atoms with van der Waals surface area (Å²) in [6.45, 7) is 4.17. The van der Waals surface area contributed by atoms with Crippen LogP contribution in [0.15, 0.2) is 29.3 Å². The van der Waals surface area contributed by atoms with Gasteiger partial charge in [-0.15, -0.1) is 0 Å². The maximum Gasteiger partial charge on any atom is 0.102 e. The minimum absolute atomic E-state index is 0.0569. The summed E-state index contributed by atoms with van der Waals surface area (Å²) >= 11 is 0. The zero-order valence-corrected chi connectivity index (χ0v) is 9.57. The van der Waals surface area contributed by atoms with Crippen LogP contribution in [0.1, 0.15) is 28.3 Å². The molecule has 2 aromatic rings. The van der Waals surface area contributed by atoms with Gasteiger partial charge >= 0.3 is 0 Å². The van der Waals surface area contributed by atoms with E-state index in [0.29, 0.717) is 0 Å². The number of aliphatic hydroxyl groups is 1. The monoisotopic (exact) mass is 213 g/mol. The lowest BCUT2D eigenvalue weighted by Crippen LogP contribution is -2.13. The molecule has 0 aliphatic heterocycles. The average molecular weight is 213 g/mol. The maximum absolute atomic E-state index is 10.0. The Hall–Kier alpha value is -1.41. The number of hydrogen-bond donors (Lipinski definition) is 1. The van der Waals surface area contributed by atoms with Crippen LogP contribution in [0.3, 0.4) is 0 Å². The van der Waals surface area contributed by atoms with E-state index in [1.165, 1.54) is 22.3 Å². The fraction of sp³-hybridized carbons (Fsp3) is 0.357. The van der Waals surface area contributed by atoms with Gasteiger partial charge in [-0.3, -0.25) is 4.99 Å². The van der Waals surface area contributed by atoms with E-state index in [9.17, 15) is 5.11 Å². The van der Waals surface area contributed by atoms with Crippen LogP contribution in [0.5, 0.6) is 0 Å². The van der Waals surface area contributed by atoms with Gasteiger partial charge in [0.15, 0.2) is 0 Å². The van der Waals surface area contributed by atoms with Gasteiger partial charge in [0.25, 0.3) is 0 Å². The molecule has 0 saturated heterocycles. The summed E-state index contributed by atoms with van der Waals surface area (Å²) in [5.74, 6) is 0. The van der Waals surface area contributed by atoms with Gasteiger partial charge in [-0.2, -0.15) is 0 Å². The first kappa shape index (κ1) is 9.79. The van der Waals surface area contributed by atoms with Crippen molar-refractivity contribution in [2.45, 2.75) is 32.4 Å². The quantitative estimate of drug-likeness (QED) is 0.769. The number of aliphatic hydroxyl groups excluding tert-OH is 1. The maximum atomic E-state index is 10.0. The molecular formula is C14H15NO. The van der Waals surface area contributed by atoms with Crippen LogP contribution >= 0.6 is 0 Å². The Balaban J connectivity index is 2.04. The molecule has 82 valence electrons. The normalized spacial score (nSPS) is 23.7. The zero-order valence-electron chi connectivity index (χ0n) is 9.57. The van der Waals surface area contributed by atoms with Crippen LogP contribution in [0.25, 0.3) is 0 Å². The summed E-state index contributed by atoms with van der Waals surface area (Å²) in [5.41, 5.74) is 5.00. The van der Waals surface area contributed by atoms with E-state index in [-0.39, 0.29) is 12.1 Å². The van der Waals surface area contributed by atoms with Gasteiger partial charge in [-0.1, -0.05) is 24.3 Å². The minimum Gasteiger partial charge on any atom is -0.390 e. The number of hydrogen-bond acceptors (Lipinski definition) is 2. The van der Waals surface area contributed by atoms with E-state index < -0.39 is 0 Å². The molecule has 0 fully saturated rings. The summed E-state index contributed by atoms with van der Waals surface area (Å²) in [6, 6.07) is 8.14.